The molecule has 0 aromatic carbocycles. The summed E-state index contributed by atoms with van der Waals surface area (Å²) in [5, 5.41) is 11.1. The number of hydrogen-bond donors (Lipinski definition) is 3. The molecule has 1 saturated carbocycles. The van der Waals surface area contributed by atoms with Crippen molar-refractivity contribution in [3.8, 4) is 0 Å². The average molecular weight is 332 g/mol. The summed E-state index contributed by atoms with van der Waals surface area (Å²) >= 11 is 0. The Hall–Kier alpha value is -2.06. The Labute approximate surface area is 131 Å². The second kappa shape index (κ2) is 7.47. The Balaban J connectivity index is 1.76. The molecule has 1 fully saturated rings. The van der Waals surface area contributed by atoms with Crippen LogP contribution in [0.2, 0.25) is 0 Å². The molecule has 1 aliphatic rings. The first-order valence-electron chi connectivity index (χ1n) is 7.51. The molecule has 23 heavy (non-hydrogen) atoms. The molecule has 1 aromatic rings. The number of aromatic nitrogens is 2. The Morgan fingerprint density at radius 1 is 1.22 bits per heavy atom. The highest BCUT2D eigenvalue weighted by Crippen LogP contribution is 2.41. The SMILES string of the molecule is O=C(NCCNC(=O)C1CCCCC1C(F)(F)F)c1ccn[nH]1. The lowest BCUT2D eigenvalue weighted by Crippen LogP contribution is -2.44. The second-order valence-electron chi connectivity index (χ2n) is 5.56. The molecule has 1 heterocycles. The summed E-state index contributed by atoms with van der Waals surface area (Å²) in [7, 11) is 0. The van der Waals surface area contributed by atoms with E-state index in [-0.39, 0.29) is 37.5 Å². The maximum atomic E-state index is 13.0. The van der Waals surface area contributed by atoms with Gasteiger partial charge in [-0.05, 0) is 18.9 Å². The van der Waals surface area contributed by atoms with Crippen molar-refractivity contribution >= 4 is 11.8 Å². The molecular weight excluding hydrogens is 313 g/mol. The fourth-order valence-electron chi connectivity index (χ4n) is 2.81. The third-order valence-corrected chi connectivity index (χ3v) is 3.98. The van der Waals surface area contributed by atoms with Crippen molar-refractivity contribution < 1.29 is 22.8 Å². The van der Waals surface area contributed by atoms with E-state index in [9.17, 15) is 22.8 Å². The third kappa shape index (κ3) is 4.70. The monoisotopic (exact) mass is 332 g/mol. The highest BCUT2D eigenvalue weighted by Gasteiger charge is 2.47. The molecule has 0 aliphatic heterocycles. The van der Waals surface area contributed by atoms with Crippen LogP contribution in [0.1, 0.15) is 36.2 Å². The average Bonchev–Trinajstić information content (AvgIpc) is 3.04. The van der Waals surface area contributed by atoms with Crippen LogP contribution in [0, 0.1) is 11.8 Å². The molecule has 6 nitrogen and oxygen atoms in total. The van der Waals surface area contributed by atoms with E-state index in [2.05, 4.69) is 20.8 Å². The lowest BCUT2D eigenvalue weighted by Gasteiger charge is -2.32. The largest absolute Gasteiger partial charge is 0.392 e. The number of nitrogens with one attached hydrogen (secondary N) is 3. The number of alkyl halides is 3. The predicted molar refractivity (Wildman–Crippen MR) is 75.4 cm³/mol. The van der Waals surface area contributed by atoms with Crippen molar-refractivity contribution in [3.05, 3.63) is 18.0 Å². The zero-order valence-corrected chi connectivity index (χ0v) is 12.4. The minimum absolute atomic E-state index is 0.00184. The van der Waals surface area contributed by atoms with Gasteiger partial charge in [-0.1, -0.05) is 12.8 Å². The van der Waals surface area contributed by atoms with Crippen molar-refractivity contribution in [2.75, 3.05) is 13.1 Å². The van der Waals surface area contributed by atoms with E-state index in [0.29, 0.717) is 12.8 Å². The van der Waals surface area contributed by atoms with Crippen molar-refractivity contribution in [1.29, 1.82) is 0 Å². The van der Waals surface area contributed by atoms with E-state index in [1.165, 1.54) is 12.3 Å². The Kier molecular flexibility index (Phi) is 5.62. The number of aromatic amines is 1. The smallest absolute Gasteiger partial charge is 0.354 e. The van der Waals surface area contributed by atoms with Gasteiger partial charge in [0.1, 0.15) is 5.69 Å². The fraction of sp³-hybridized carbons (Fsp3) is 0.643. The number of halogens is 3. The van der Waals surface area contributed by atoms with Gasteiger partial charge < -0.3 is 10.6 Å². The summed E-state index contributed by atoms with van der Waals surface area (Å²) in [4.78, 5) is 23.6. The van der Waals surface area contributed by atoms with E-state index in [1.54, 1.807) is 0 Å². The highest BCUT2D eigenvalue weighted by molar-refractivity contribution is 5.92. The summed E-state index contributed by atoms with van der Waals surface area (Å²) in [6.45, 7) is 0.215. The zero-order valence-electron chi connectivity index (χ0n) is 12.4. The van der Waals surface area contributed by atoms with Crippen LogP contribution in [0.15, 0.2) is 12.3 Å². The van der Waals surface area contributed by atoms with E-state index < -0.39 is 23.9 Å². The maximum absolute atomic E-state index is 13.0. The van der Waals surface area contributed by atoms with Gasteiger partial charge in [-0.2, -0.15) is 18.3 Å². The maximum Gasteiger partial charge on any atom is 0.392 e. The van der Waals surface area contributed by atoms with Gasteiger partial charge in [0, 0.05) is 25.2 Å². The van der Waals surface area contributed by atoms with Gasteiger partial charge in [-0.3, -0.25) is 14.7 Å². The van der Waals surface area contributed by atoms with Gasteiger partial charge in [0.25, 0.3) is 5.91 Å². The van der Waals surface area contributed by atoms with Crippen molar-refractivity contribution in [2.45, 2.75) is 31.9 Å². The molecule has 1 aromatic heterocycles. The molecule has 0 radical (unpaired) electrons. The molecule has 3 N–H and O–H groups in total. The number of amides is 2. The van der Waals surface area contributed by atoms with Crippen LogP contribution in [-0.4, -0.2) is 41.3 Å². The van der Waals surface area contributed by atoms with E-state index in [4.69, 9.17) is 0 Å². The van der Waals surface area contributed by atoms with Crippen LogP contribution in [0.4, 0.5) is 13.2 Å². The Morgan fingerprint density at radius 3 is 2.57 bits per heavy atom. The number of carbonyl (C=O) groups excluding carboxylic acids is 2. The minimum Gasteiger partial charge on any atom is -0.354 e. The standard InChI is InChI=1S/C14H19F3N4O2/c15-14(16,17)10-4-2-1-3-9(10)12(22)18-7-8-19-13(23)11-5-6-20-21-11/h5-6,9-10H,1-4,7-8H2,(H,18,22)(H,19,23)(H,20,21). The normalized spacial score (nSPS) is 21.7. The zero-order chi connectivity index (χ0) is 16.9. The minimum atomic E-state index is -4.35. The molecule has 1 aliphatic carbocycles. The Bertz CT molecular complexity index is 531. The molecule has 0 saturated heterocycles. The van der Waals surface area contributed by atoms with Gasteiger partial charge in [-0.15, -0.1) is 0 Å². The lowest BCUT2D eigenvalue weighted by atomic mass is 9.78. The summed E-state index contributed by atoms with van der Waals surface area (Å²) in [5.74, 6) is -3.59. The van der Waals surface area contributed by atoms with Gasteiger partial charge in [0.2, 0.25) is 5.91 Å². The van der Waals surface area contributed by atoms with E-state index >= 15 is 0 Å². The molecule has 128 valence electrons. The fourth-order valence-corrected chi connectivity index (χ4v) is 2.81. The summed E-state index contributed by atoms with van der Waals surface area (Å²) in [5.41, 5.74) is 0.278. The van der Waals surface area contributed by atoms with Gasteiger partial charge in [0.15, 0.2) is 0 Å². The first-order valence-corrected chi connectivity index (χ1v) is 7.51. The van der Waals surface area contributed by atoms with Crippen molar-refractivity contribution in [2.24, 2.45) is 11.8 Å². The quantitative estimate of drug-likeness (QED) is 0.716. The topological polar surface area (TPSA) is 86.9 Å². The lowest BCUT2D eigenvalue weighted by molar-refractivity contribution is -0.198. The van der Waals surface area contributed by atoms with Crippen LogP contribution < -0.4 is 10.6 Å². The molecule has 9 heteroatoms. The van der Waals surface area contributed by atoms with Crippen LogP contribution in [-0.2, 0) is 4.79 Å². The molecular formula is C14H19F3N4O2. The summed E-state index contributed by atoms with van der Waals surface area (Å²) in [6, 6.07) is 1.49. The highest BCUT2D eigenvalue weighted by atomic mass is 19.4. The summed E-state index contributed by atoms with van der Waals surface area (Å²) in [6.07, 6.45) is -1.56. The first-order chi connectivity index (χ1) is 10.9. The second-order valence-corrected chi connectivity index (χ2v) is 5.56. The van der Waals surface area contributed by atoms with Gasteiger partial charge >= 0.3 is 6.18 Å². The van der Waals surface area contributed by atoms with Crippen LogP contribution in [0.5, 0.6) is 0 Å². The number of carbonyl (C=O) groups is 2. The van der Waals surface area contributed by atoms with Gasteiger partial charge in [0.05, 0.1) is 5.92 Å². The first kappa shape index (κ1) is 17.3. The number of rotatable bonds is 5. The van der Waals surface area contributed by atoms with E-state index in [1.807, 2.05) is 0 Å². The van der Waals surface area contributed by atoms with Crippen molar-refractivity contribution in [3.63, 3.8) is 0 Å². The van der Waals surface area contributed by atoms with Crippen LogP contribution in [0.3, 0.4) is 0 Å². The molecule has 0 spiro atoms. The third-order valence-electron chi connectivity index (χ3n) is 3.98. The van der Waals surface area contributed by atoms with Crippen molar-refractivity contribution in [1.82, 2.24) is 20.8 Å². The van der Waals surface area contributed by atoms with Gasteiger partial charge in [-0.25, -0.2) is 0 Å². The van der Waals surface area contributed by atoms with Crippen LogP contribution in [0.25, 0.3) is 0 Å². The molecule has 2 atom stereocenters. The molecule has 2 unspecified atom stereocenters. The van der Waals surface area contributed by atoms with E-state index in [0.717, 1.165) is 0 Å². The number of nitrogens with zero attached hydrogens (tertiary/aromatic N) is 1. The predicted octanol–water partition coefficient (Wildman–Crippen LogP) is 1.62. The number of hydrogen-bond acceptors (Lipinski definition) is 3. The summed E-state index contributed by atoms with van der Waals surface area (Å²) < 4.78 is 38.9. The molecule has 0 bridgehead atoms. The number of H-pyrrole nitrogens is 1. The molecule has 2 rings (SSSR count). The Morgan fingerprint density at radius 2 is 1.91 bits per heavy atom. The van der Waals surface area contributed by atoms with Crippen LogP contribution >= 0.6 is 0 Å². The molecule has 2 amide bonds.